The number of para-hydroxylation sites is 2. The Bertz CT molecular complexity index is 496. The fraction of sp³-hybridized carbons (Fsp3) is 0.588. The normalized spacial score (nSPS) is 14.5. The molecule has 2 amide bonds. The molecule has 1 fully saturated rings. The summed E-state index contributed by atoms with van der Waals surface area (Å²) in [5, 5.41) is 15.7. The summed E-state index contributed by atoms with van der Waals surface area (Å²) in [5.41, 5.74) is -0.198. The molecule has 0 spiro atoms. The molecular weight excluding hydrogens is 280 g/mol. The molecule has 1 aromatic rings. The van der Waals surface area contributed by atoms with Crippen LogP contribution in [0.4, 0.5) is 10.5 Å². The van der Waals surface area contributed by atoms with Gasteiger partial charge in [-0.15, -0.1) is 0 Å². The quantitative estimate of drug-likeness (QED) is 0.691. The second kappa shape index (κ2) is 7.49. The zero-order valence-corrected chi connectivity index (χ0v) is 13.4. The zero-order valence-electron chi connectivity index (χ0n) is 13.4. The Morgan fingerprint density at radius 1 is 1.32 bits per heavy atom. The maximum Gasteiger partial charge on any atom is 0.319 e. The number of anilines is 1. The smallest absolute Gasteiger partial charge is 0.319 e. The minimum Gasteiger partial charge on any atom is -0.491 e. The van der Waals surface area contributed by atoms with E-state index in [9.17, 15) is 9.90 Å². The van der Waals surface area contributed by atoms with Gasteiger partial charge in [0.1, 0.15) is 5.75 Å². The van der Waals surface area contributed by atoms with Crippen LogP contribution in [0.5, 0.6) is 5.75 Å². The maximum atomic E-state index is 12.0. The number of carbonyl (C=O) groups is 1. The van der Waals surface area contributed by atoms with E-state index in [1.165, 1.54) is 12.8 Å². The first-order valence-corrected chi connectivity index (χ1v) is 8.05. The summed E-state index contributed by atoms with van der Waals surface area (Å²) < 4.78 is 5.76. The summed E-state index contributed by atoms with van der Waals surface area (Å²) in [4.78, 5) is 12.0. The van der Waals surface area contributed by atoms with Gasteiger partial charge in [-0.2, -0.15) is 0 Å². The molecule has 0 atom stereocenters. The highest BCUT2D eigenvalue weighted by atomic mass is 16.5. The van der Waals surface area contributed by atoms with E-state index in [1.54, 1.807) is 0 Å². The third-order valence-corrected chi connectivity index (χ3v) is 4.20. The predicted molar refractivity (Wildman–Crippen MR) is 87.2 cm³/mol. The van der Waals surface area contributed by atoms with Crippen molar-refractivity contribution in [2.75, 3.05) is 18.5 Å². The lowest BCUT2D eigenvalue weighted by Crippen LogP contribution is -2.43. The van der Waals surface area contributed by atoms with E-state index in [1.807, 2.05) is 38.1 Å². The molecule has 122 valence electrons. The maximum absolute atomic E-state index is 12.0. The summed E-state index contributed by atoms with van der Waals surface area (Å²) in [6, 6.07) is 7.08. The Morgan fingerprint density at radius 3 is 2.64 bits per heavy atom. The number of aliphatic hydroxyl groups is 1. The van der Waals surface area contributed by atoms with Crippen molar-refractivity contribution in [1.82, 2.24) is 5.32 Å². The van der Waals surface area contributed by atoms with Crippen molar-refractivity contribution in [1.29, 1.82) is 0 Å². The molecule has 2 rings (SSSR count). The van der Waals surface area contributed by atoms with Crippen LogP contribution in [0.25, 0.3) is 0 Å². The molecule has 1 aliphatic rings. The number of nitrogens with one attached hydrogen (secondary N) is 2. The molecular formula is C17H26N2O3. The molecule has 5 nitrogen and oxygen atoms in total. The SMILES string of the molecule is CCC(O)(CC)CNC(=O)Nc1ccccc1OCC1CC1. The number of hydrogen-bond donors (Lipinski definition) is 3. The lowest BCUT2D eigenvalue weighted by atomic mass is 9.98. The number of hydrogen-bond acceptors (Lipinski definition) is 3. The highest BCUT2D eigenvalue weighted by Crippen LogP contribution is 2.31. The van der Waals surface area contributed by atoms with Gasteiger partial charge < -0.3 is 20.5 Å². The van der Waals surface area contributed by atoms with Gasteiger partial charge in [-0.1, -0.05) is 26.0 Å². The molecule has 5 heteroatoms. The zero-order chi connectivity index (χ0) is 16.0. The van der Waals surface area contributed by atoms with E-state index >= 15 is 0 Å². The van der Waals surface area contributed by atoms with E-state index in [0.717, 1.165) is 0 Å². The molecule has 0 aromatic heterocycles. The molecule has 0 heterocycles. The van der Waals surface area contributed by atoms with Crippen LogP contribution in [0.1, 0.15) is 39.5 Å². The average Bonchev–Trinajstić information content (AvgIpc) is 3.36. The predicted octanol–water partition coefficient (Wildman–Crippen LogP) is 3.15. The van der Waals surface area contributed by atoms with Crippen molar-refractivity contribution >= 4 is 11.7 Å². The van der Waals surface area contributed by atoms with E-state index < -0.39 is 5.60 Å². The number of carbonyl (C=O) groups excluding carboxylic acids is 1. The standard InChI is InChI=1S/C17H26N2O3/c1-3-17(21,4-2)12-18-16(20)19-14-7-5-6-8-15(14)22-11-13-9-10-13/h5-8,13,21H,3-4,9-12H2,1-2H3,(H2,18,19,20). The molecule has 0 bridgehead atoms. The van der Waals surface area contributed by atoms with Crippen LogP contribution in [0, 0.1) is 5.92 Å². The summed E-state index contributed by atoms with van der Waals surface area (Å²) in [7, 11) is 0. The van der Waals surface area contributed by atoms with Crippen molar-refractivity contribution in [3.8, 4) is 5.75 Å². The molecule has 1 saturated carbocycles. The van der Waals surface area contributed by atoms with E-state index in [2.05, 4.69) is 10.6 Å². The Hall–Kier alpha value is -1.75. The van der Waals surface area contributed by atoms with E-state index in [4.69, 9.17) is 4.74 Å². The molecule has 0 aliphatic heterocycles. The van der Waals surface area contributed by atoms with Gasteiger partial charge in [-0.05, 0) is 43.7 Å². The minimum atomic E-state index is -0.848. The average molecular weight is 306 g/mol. The largest absolute Gasteiger partial charge is 0.491 e. The van der Waals surface area contributed by atoms with Crippen molar-refractivity contribution in [3.63, 3.8) is 0 Å². The first-order valence-electron chi connectivity index (χ1n) is 8.05. The third-order valence-electron chi connectivity index (χ3n) is 4.20. The molecule has 22 heavy (non-hydrogen) atoms. The van der Waals surface area contributed by atoms with Gasteiger partial charge >= 0.3 is 6.03 Å². The second-order valence-electron chi connectivity index (χ2n) is 5.99. The lowest BCUT2D eigenvalue weighted by molar-refractivity contribution is 0.0354. The highest BCUT2D eigenvalue weighted by Gasteiger charge is 2.24. The van der Waals surface area contributed by atoms with Crippen LogP contribution in [0.15, 0.2) is 24.3 Å². The van der Waals surface area contributed by atoms with E-state index in [0.29, 0.717) is 36.8 Å². The first kappa shape index (κ1) is 16.6. The molecule has 1 aromatic carbocycles. The van der Waals surface area contributed by atoms with Crippen LogP contribution in [0.2, 0.25) is 0 Å². The number of urea groups is 1. The fourth-order valence-corrected chi connectivity index (χ4v) is 2.10. The Balaban J connectivity index is 1.87. The molecule has 3 N–H and O–H groups in total. The monoisotopic (exact) mass is 306 g/mol. The van der Waals surface area contributed by atoms with Crippen LogP contribution in [0.3, 0.4) is 0 Å². The van der Waals surface area contributed by atoms with E-state index in [-0.39, 0.29) is 12.6 Å². The molecule has 0 unspecified atom stereocenters. The number of benzene rings is 1. The van der Waals surface area contributed by atoms with Crippen molar-refractivity contribution < 1.29 is 14.6 Å². The summed E-state index contributed by atoms with van der Waals surface area (Å²) >= 11 is 0. The van der Waals surface area contributed by atoms with Gasteiger partial charge in [0.05, 0.1) is 17.9 Å². The minimum absolute atomic E-state index is 0.233. The van der Waals surface area contributed by atoms with Crippen molar-refractivity contribution in [3.05, 3.63) is 24.3 Å². The van der Waals surface area contributed by atoms with Gasteiger partial charge in [0, 0.05) is 6.54 Å². The number of rotatable bonds is 8. The van der Waals surface area contributed by atoms with Gasteiger partial charge in [0.2, 0.25) is 0 Å². The van der Waals surface area contributed by atoms with Crippen LogP contribution in [-0.2, 0) is 0 Å². The van der Waals surface area contributed by atoms with Gasteiger partial charge in [0.25, 0.3) is 0 Å². The molecule has 0 radical (unpaired) electrons. The first-order chi connectivity index (χ1) is 10.6. The highest BCUT2D eigenvalue weighted by molar-refractivity contribution is 5.90. The molecule has 1 aliphatic carbocycles. The topological polar surface area (TPSA) is 70.6 Å². The summed E-state index contributed by atoms with van der Waals surface area (Å²) in [6.45, 7) is 4.75. The van der Waals surface area contributed by atoms with Gasteiger partial charge in [-0.25, -0.2) is 4.79 Å². The van der Waals surface area contributed by atoms with Crippen LogP contribution < -0.4 is 15.4 Å². The second-order valence-corrected chi connectivity index (χ2v) is 5.99. The third kappa shape index (κ3) is 4.91. The Morgan fingerprint density at radius 2 is 2.00 bits per heavy atom. The fourth-order valence-electron chi connectivity index (χ4n) is 2.10. The van der Waals surface area contributed by atoms with Crippen LogP contribution in [-0.4, -0.2) is 29.9 Å². The van der Waals surface area contributed by atoms with Crippen molar-refractivity contribution in [2.45, 2.75) is 45.1 Å². The Kier molecular flexibility index (Phi) is 5.66. The number of ether oxygens (including phenoxy) is 1. The Labute approximate surface area is 132 Å². The van der Waals surface area contributed by atoms with Crippen molar-refractivity contribution in [2.24, 2.45) is 5.92 Å². The molecule has 0 saturated heterocycles. The number of amides is 2. The van der Waals surface area contributed by atoms with Crippen LogP contribution >= 0.6 is 0 Å². The lowest BCUT2D eigenvalue weighted by Gasteiger charge is -2.25. The van der Waals surface area contributed by atoms with Gasteiger partial charge in [-0.3, -0.25) is 0 Å². The van der Waals surface area contributed by atoms with Gasteiger partial charge in [0.15, 0.2) is 0 Å². The summed E-state index contributed by atoms with van der Waals surface area (Å²) in [6.07, 6.45) is 3.65. The summed E-state index contributed by atoms with van der Waals surface area (Å²) in [5.74, 6) is 1.34.